The summed E-state index contributed by atoms with van der Waals surface area (Å²) in [5.41, 5.74) is 2.34. The summed E-state index contributed by atoms with van der Waals surface area (Å²) in [6, 6.07) is 8.09. The fraction of sp³-hybridized carbons (Fsp3) is 0.571. The average molecular weight is 434 g/mol. The maximum absolute atomic E-state index is 12.6. The molecule has 1 aromatic heterocycles. The van der Waals surface area contributed by atoms with Crippen molar-refractivity contribution >= 4 is 21.9 Å². The molecule has 1 atom stereocenters. The molecule has 3 rings (SSSR count). The lowest BCUT2D eigenvalue weighted by Gasteiger charge is -2.18. The van der Waals surface area contributed by atoms with E-state index in [1.165, 1.54) is 25.7 Å². The Balaban J connectivity index is 1.68. The molecule has 146 valence electrons. The molecule has 1 aliphatic carbocycles. The molecule has 5 nitrogen and oxygen atoms in total. The van der Waals surface area contributed by atoms with E-state index in [0.717, 1.165) is 28.6 Å². The van der Waals surface area contributed by atoms with Gasteiger partial charge in [0.2, 0.25) is 0 Å². The fourth-order valence-corrected chi connectivity index (χ4v) is 4.30. The highest BCUT2D eigenvalue weighted by molar-refractivity contribution is 9.10. The maximum Gasteiger partial charge on any atom is 0.360 e. The van der Waals surface area contributed by atoms with Gasteiger partial charge < -0.3 is 4.74 Å². The van der Waals surface area contributed by atoms with Crippen LogP contribution in [0.25, 0.3) is 0 Å². The highest BCUT2D eigenvalue weighted by Crippen LogP contribution is 2.31. The van der Waals surface area contributed by atoms with Gasteiger partial charge >= 0.3 is 5.97 Å². The van der Waals surface area contributed by atoms with Crippen LogP contribution in [-0.4, -0.2) is 27.6 Å². The Labute approximate surface area is 169 Å². The summed E-state index contributed by atoms with van der Waals surface area (Å²) in [7, 11) is 0. The summed E-state index contributed by atoms with van der Waals surface area (Å²) in [6.07, 6.45) is 6.78. The summed E-state index contributed by atoms with van der Waals surface area (Å²) < 4.78 is 8.46. The number of carbonyl (C=O) groups is 1. The second kappa shape index (κ2) is 9.49. The van der Waals surface area contributed by atoms with Crippen LogP contribution in [0.15, 0.2) is 28.7 Å². The van der Waals surface area contributed by atoms with Crippen LogP contribution in [0.3, 0.4) is 0 Å². The molecular weight excluding hydrogens is 406 g/mol. The minimum Gasteiger partial charge on any atom is -0.461 e. The number of hydrogen-bond acceptors (Lipinski definition) is 4. The van der Waals surface area contributed by atoms with Crippen molar-refractivity contribution in [2.75, 3.05) is 6.61 Å². The summed E-state index contributed by atoms with van der Waals surface area (Å²) in [6.45, 7) is 5.33. The minimum absolute atomic E-state index is 0.344. The predicted molar refractivity (Wildman–Crippen MR) is 109 cm³/mol. The molecule has 1 aromatic carbocycles. The molecule has 0 radical (unpaired) electrons. The summed E-state index contributed by atoms with van der Waals surface area (Å²) in [5, 5.41) is 8.39. The first-order valence-electron chi connectivity index (χ1n) is 9.92. The van der Waals surface area contributed by atoms with Gasteiger partial charge in [-0.25, -0.2) is 9.48 Å². The van der Waals surface area contributed by atoms with Gasteiger partial charge in [-0.2, -0.15) is 0 Å². The van der Waals surface area contributed by atoms with Crippen LogP contribution in [0.4, 0.5) is 0 Å². The molecule has 1 aliphatic rings. The summed E-state index contributed by atoms with van der Waals surface area (Å²) in [4.78, 5) is 12.6. The van der Waals surface area contributed by atoms with E-state index in [-0.39, 0.29) is 5.97 Å². The van der Waals surface area contributed by atoms with Crippen molar-refractivity contribution in [3.63, 3.8) is 0 Å². The van der Waals surface area contributed by atoms with Crippen molar-refractivity contribution in [3.05, 3.63) is 45.7 Å². The van der Waals surface area contributed by atoms with Crippen molar-refractivity contribution in [1.82, 2.24) is 15.0 Å². The Hall–Kier alpha value is -1.69. The van der Waals surface area contributed by atoms with Gasteiger partial charge in [-0.05, 0) is 36.0 Å². The molecule has 0 spiro atoms. The maximum atomic E-state index is 12.6. The van der Waals surface area contributed by atoms with E-state index in [0.29, 0.717) is 30.7 Å². The number of nitrogens with zero attached hydrogens (tertiary/aromatic N) is 3. The molecule has 1 heterocycles. The highest BCUT2D eigenvalue weighted by atomic mass is 79.9. The fourth-order valence-electron chi connectivity index (χ4n) is 3.85. The van der Waals surface area contributed by atoms with Gasteiger partial charge in [-0.1, -0.05) is 79.2 Å². The van der Waals surface area contributed by atoms with Crippen molar-refractivity contribution in [1.29, 1.82) is 0 Å². The molecule has 1 unspecified atom stereocenters. The van der Waals surface area contributed by atoms with E-state index in [4.69, 9.17) is 4.74 Å². The molecule has 2 aromatic rings. The van der Waals surface area contributed by atoms with Gasteiger partial charge in [0.05, 0.1) is 18.8 Å². The third-order valence-corrected chi connectivity index (χ3v) is 5.91. The van der Waals surface area contributed by atoms with Gasteiger partial charge in [0.15, 0.2) is 5.69 Å². The van der Waals surface area contributed by atoms with Crippen LogP contribution in [0.5, 0.6) is 0 Å². The minimum atomic E-state index is -0.344. The van der Waals surface area contributed by atoms with Gasteiger partial charge in [0.25, 0.3) is 0 Å². The molecule has 0 amide bonds. The molecule has 0 aliphatic heterocycles. The molecule has 1 fully saturated rings. The third-order valence-electron chi connectivity index (χ3n) is 5.42. The standard InChI is InChI=1S/C21H28BrN3O2/c1-3-7-19-20(21(26)27-14-15(2)17-9-4-5-10-17)23-24-25(19)13-16-8-6-11-18(22)12-16/h6,8,11-12,15,17H,3-5,7,9-10,13-14H2,1-2H3. The van der Waals surface area contributed by atoms with Gasteiger partial charge in [0.1, 0.15) is 0 Å². The number of hydrogen-bond donors (Lipinski definition) is 0. The molecule has 6 heteroatoms. The Morgan fingerprint density at radius 1 is 1.37 bits per heavy atom. The summed E-state index contributed by atoms with van der Waals surface area (Å²) >= 11 is 3.50. The number of halogens is 1. The highest BCUT2D eigenvalue weighted by Gasteiger charge is 2.25. The number of ether oxygens (including phenoxy) is 1. The van der Waals surface area contributed by atoms with Crippen LogP contribution in [0.1, 0.15) is 67.7 Å². The molecular formula is C21H28BrN3O2. The van der Waals surface area contributed by atoms with E-state index >= 15 is 0 Å². The van der Waals surface area contributed by atoms with Gasteiger partial charge in [-0.15, -0.1) is 5.10 Å². The van der Waals surface area contributed by atoms with E-state index in [1.54, 1.807) is 0 Å². The van der Waals surface area contributed by atoms with Crippen LogP contribution >= 0.6 is 15.9 Å². The Bertz CT molecular complexity index is 769. The normalized spacial score (nSPS) is 15.8. The number of carbonyl (C=O) groups excluding carboxylic acids is 1. The monoisotopic (exact) mass is 433 g/mol. The molecule has 27 heavy (non-hydrogen) atoms. The van der Waals surface area contributed by atoms with Crippen molar-refractivity contribution in [3.8, 4) is 0 Å². The Kier molecular flexibility index (Phi) is 7.05. The predicted octanol–water partition coefficient (Wildman–Crippen LogP) is 5.02. The third kappa shape index (κ3) is 5.18. The topological polar surface area (TPSA) is 57.0 Å². The zero-order valence-electron chi connectivity index (χ0n) is 16.2. The van der Waals surface area contributed by atoms with Crippen LogP contribution < -0.4 is 0 Å². The first-order valence-corrected chi connectivity index (χ1v) is 10.7. The van der Waals surface area contributed by atoms with Crippen molar-refractivity contribution < 1.29 is 9.53 Å². The largest absolute Gasteiger partial charge is 0.461 e. The Morgan fingerprint density at radius 3 is 2.85 bits per heavy atom. The second-order valence-corrected chi connectivity index (χ2v) is 8.46. The second-order valence-electron chi connectivity index (χ2n) is 7.54. The first-order chi connectivity index (χ1) is 13.1. The molecule has 0 bridgehead atoms. The van der Waals surface area contributed by atoms with Gasteiger partial charge in [-0.3, -0.25) is 0 Å². The van der Waals surface area contributed by atoms with Crippen LogP contribution in [0, 0.1) is 11.8 Å². The number of esters is 1. The van der Waals surface area contributed by atoms with Crippen molar-refractivity contribution in [2.24, 2.45) is 11.8 Å². The van der Waals surface area contributed by atoms with Crippen LogP contribution in [0.2, 0.25) is 0 Å². The summed E-state index contributed by atoms with van der Waals surface area (Å²) in [5.74, 6) is 0.742. The average Bonchev–Trinajstić information content (AvgIpc) is 3.31. The van der Waals surface area contributed by atoms with Crippen molar-refractivity contribution in [2.45, 2.75) is 58.9 Å². The van der Waals surface area contributed by atoms with E-state index < -0.39 is 0 Å². The lowest BCUT2D eigenvalue weighted by molar-refractivity contribution is 0.0400. The zero-order chi connectivity index (χ0) is 19.2. The quantitative estimate of drug-likeness (QED) is 0.548. The van der Waals surface area contributed by atoms with E-state index in [1.807, 2.05) is 22.9 Å². The zero-order valence-corrected chi connectivity index (χ0v) is 17.7. The molecule has 1 saturated carbocycles. The first kappa shape index (κ1) is 20.1. The Morgan fingerprint density at radius 2 is 2.15 bits per heavy atom. The lowest BCUT2D eigenvalue weighted by atomic mass is 9.93. The molecule has 0 saturated heterocycles. The SMILES string of the molecule is CCCc1c(C(=O)OCC(C)C2CCCC2)nnn1Cc1cccc(Br)c1. The number of rotatable bonds is 8. The smallest absolute Gasteiger partial charge is 0.360 e. The lowest BCUT2D eigenvalue weighted by Crippen LogP contribution is -2.19. The van der Waals surface area contributed by atoms with Gasteiger partial charge in [0, 0.05) is 4.47 Å². The molecule has 0 N–H and O–H groups in total. The van der Waals surface area contributed by atoms with Crippen LogP contribution in [-0.2, 0) is 17.7 Å². The number of benzene rings is 1. The van der Waals surface area contributed by atoms with E-state index in [2.05, 4.69) is 46.2 Å². The number of aromatic nitrogens is 3. The van der Waals surface area contributed by atoms with E-state index in [9.17, 15) is 4.79 Å².